The highest BCUT2D eigenvalue weighted by Crippen LogP contribution is 2.28. The minimum absolute atomic E-state index is 0.158. The fourth-order valence-corrected chi connectivity index (χ4v) is 2.85. The molecule has 3 aromatic rings. The molecule has 164 valence electrons. The van der Waals surface area contributed by atoms with Crippen LogP contribution in [0.5, 0.6) is 11.5 Å². The fraction of sp³-hybridized carbons (Fsp3) is 0.160. The standard InChI is InChI=1S/C25H25N3O4/c1-3-31-23-15-19(16-26-28-25(30)20-10-5-4-6-11-20)13-14-22(23)32-17-24(29)27-21-12-8-7-9-18(21)2/h4-16H,3,17H2,1-2H3,(H,27,29)(H,28,30)/b26-16+. The zero-order valence-electron chi connectivity index (χ0n) is 18.0. The summed E-state index contributed by atoms with van der Waals surface area (Å²) in [6.45, 7) is 4.05. The molecule has 0 saturated carbocycles. The molecule has 0 spiro atoms. The van der Waals surface area contributed by atoms with Gasteiger partial charge in [0.25, 0.3) is 11.8 Å². The number of hydrogen-bond acceptors (Lipinski definition) is 5. The molecule has 0 atom stereocenters. The van der Waals surface area contributed by atoms with Gasteiger partial charge >= 0.3 is 0 Å². The highest BCUT2D eigenvalue weighted by molar-refractivity contribution is 5.95. The first-order valence-corrected chi connectivity index (χ1v) is 10.2. The molecule has 3 rings (SSSR count). The van der Waals surface area contributed by atoms with Crippen LogP contribution in [0.3, 0.4) is 0 Å². The lowest BCUT2D eigenvalue weighted by Crippen LogP contribution is -2.20. The molecule has 0 saturated heterocycles. The van der Waals surface area contributed by atoms with E-state index in [-0.39, 0.29) is 18.4 Å². The van der Waals surface area contributed by atoms with E-state index in [1.165, 1.54) is 6.21 Å². The first kappa shape index (κ1) is 22.6. The number of hydrazone groups is 1. The Balaban J connectivity index is 1.60. The molecule has 0 radical (unpaired) electrons. The monoisotopic (exact) mass is 431 g/mol. The third kappa shape index (κ3) is 6.43. The Labute approximate surface area is 187 Å². The van der Waals surface area contributed by atoms with E-state index in [9.17, 15) is 9.59 Å². The van der Waals surface area contributed by atoms with Crippen LogP contribution in [0.2, 0.25) is 0 Å². The Hall–Kier alpha value is -4.13. The molecule has 7 nitrogen and oxygen atoms in total. The lowest BCUT2D eigenvalue weighted by Gasteiger charge is -2.13. The zero-order chi connectivity index (χ0) is 22.8. The van der Waals surface area contributed by atoms with Gasteiger partial charge in [-0.1, -0.05) is 36.4 Å². The summed E-state index contributed by atoms with van der Waals surface area (Å²) in [5, 5.41) is 6.82. The normalized spacial score (nSPS) is 10.6. The van der Waals surface area contributed by atoms with Gasteiger partial charge in [-0.3, -0.25) is 9.59 Å². The second-order valence-corrected chi connectivity index (χ2v) is 6.86. The van der Waals surface area contributed by atoms with Crippen molar-refractivity contribution >= 4 is 23.7 Å². The van der Waals surface area contributed by atoms with Crippen LogP contribution in [0.25, 0.3) is 0 Å². The van der Waals surface area contributed by atoms with E-state index in [4.69, 9.17) is 9.47 Å². The highest BCUT2D eigenvalue weighted by atomic mass is 16.5. The van der Waals surface area contributed by atoms with Gasteiger partial charge in [0.05, 0.1) is 12.8 Å². The number of carbonyl (C=O) groups is 2. The summed E-state index contributed by atoms with van der Waals surface area (Å²) >= 11 is 0. The van der Waals surface area contributed by atoms with Gasteiger partial charge in [-0.05, 0) is 61.4 Å². The number of rotatable bonds is 9. The van der Waals surface area contributed by atoms with Gasteiger partial charge < -0.3 is 14.8 Å². The number of nitrogens with zero attached hydrogens (tertiary/aromatic N) is 1. The first-order chi connectivity index (χ1) is 15.6. The van der Waals surface area contributed by atoms with Gasteiger partial charge in [-0.2, -0.15) is 5.10 Å². The smallest absolute Gasteiger partial charge is 0.271 e. The number of benzene rings is 3. The van der Waals surface area contributed by atoms with Gasteiger partial charge in [-0.15, -0.1) is 0 Å². The van der Waals surface area contributed by atoms with Crippen LogP contribution in [0, 0.1) is 6.92 Å². The number of anilines is 1. The van der Waals surface area contributed by atoms with Gasteiger partial charge in [0.15, 0.2) is 18.1 Å². The van der Waals surface area contributed by atoms with Crippen LogP contribution in [0.4, 0.5) is 5.69 Å². The van der Waals surface area contributed by atoms with Crippen LogP contribution < -0.4 is 20.2 Å². The number of para-hydroxylation sites is 1. The molecule has 0 unspecified atom stereocenters. The van der Waals surface area contributed by atoms with E-state index in [0.29, 0.717) is 29.2 Å². The molecule has 0 bridgehead atoms. The van der Waals surface area contributed by atoms with Crippen LogP contribution in [-0.2, 0) is 4.79 Å². The molecular formula is C25H25N3O4. The molecule has 7 heteroatoms. The minimum atomic E-state index is -0.300. The van der Waals surface area contributed by atoms with Crippen LogP contribution in [0.15, 0.2) is 77.9 Å². The molecule has 0 aliphatic heterocycles. The molecular weight excluding hydrogens is 406 g/mol. The van der Waals surface area contributed by atoms with Crippen molar-refractivity contribution in [2.24, 2.45) is 5.10 Å². The largest absolute Gasteiger partial charge is 0.490 e. The van der Waals surface area contributed by atoms with E-state index >= 15 is 0 Å². The molecule has 0 fully saturated rings. The van der Waals surface area contributed by atoms with E-state index in [0.717, 1.165) is 11.3 Å². The summed E-state index contributed by atoms with van der Waals surface area (Å²) in [5.41, 5.74) is 5.43. The lowest BCUT2D eigenvalue weighted by molar-refractivity contribution is -0.118. The average Bonchev–Trinajstić information content (AvgIpc) is 2.81. The summed E-state index contributed by atoms with van der Waals surface area (Å²) in [6, 6.07) is 21.5. The van der Waals surface area contributed by atoms with Crippen molar-refractivity contribution < 1.29 is 19.1 Å². The Morgan fingerprint density at radius 3 is 2.44 bits per heavy atom. The number of aryl methyl sites for hydroxylation is 1. The van der Waals surface area contributed by atoms with Gasteiger partial charge in [0.1, 0.15) is 0 Å². The van der Waals surface area contributed by atoms with Crippen molar-refractivity contribution in [3.63, 3.8) is 0 Å². The van der Waals surface area contributed by atoms with Crippen LogP contribution in [-0.4, -0.2) is 31.2 Å². The Morgan fingerprint density at radius 2 is 1.69 bits per heavy atom. The predicted molar refractivity (Wildman–Crippen MR) is 124 cm³/mol. The van der Waals surface area contributed by atoms with Crippen molar-refractivity contribution in [3.05, 3.63) is 89.5 Å². The quantitative estimate of drug-likeness (QED) is 0.393. The number of amides is 2. The third-order valence-corrected chi connectivity index (χ3v) is 4.46. The van der Waals surface area contributed by atoms with Crippen molar-refractivity contribution in [1.82, 2.24) is 5.43 Å². The average molecular weight is 431 g/mol. The van der Waals surface area contributed by atoms with E-state index < -0.39 is 0 Å². The van der Waals surface area contributed by atoms with Gasteiger partial charge in [0.2, 0.25) is 0 Å². The minimum Gasteiger partial charge on any atom is -0.490 e. The zero-order valence-corrected chi connectivity index (χ0v) is 18.0. The number of nitrogens with one attached hydrogen (secondary N) is 2. The summed E-state index contributed by atoms with van der Waals surface area (Å²) in [5.74, 6) is 0.356. The lowest BCUT2D eigenvalue weighted by atomic mass is 10.2. The van der Waals surface area contributed by atoms with Crippen molar-refractivity contribution in [2.45, 2.75) is 13.8 Å². The molecule has 3 aromatic carbocycles. The predicted octanol–water partition coefficient (Wildman–Crippen LogP) is 4.18. The van der Waals surface area contributed by atoms with Crippen LogP contribution >= 0.6 is 0 Å². The molecule has 32 heavy (non-hydrogen) atoms. The van der Waals surface area contributed by atoms with E-state index in [1.54, 1.807) is 42.5 Å². The number of ether oxygens (including phenoxy) is 2. The fourth-order valence-electron chi connectivity index (χ4n) is 2.85. The van der Waals surface area contributed by atoms with E-state index in [2.05, 4.69) is 15.8 Å². The van der Waals surface area contributed by atoms with Crippen molar-refractivity contribution in [1.29, 1.82) is 0 Å². The topological polar surface area (TPSA) is 89.0 Å². The molecule has 0 aliphatic carbocycles. The van der Waals surface area contributed by atoms with Crippen LogP contribution in [0.1, 0.15) is 28.4 Å². The number of carbonyl (C=O) groups excluding carboxylic acids is 2. The second kappa shape index (κ2) is 11.3. The summed E-state index contributed by atoms with van der Waals surface area (Å²) in [4.78, 5) is 24.3. The van der Waals surface area contributed by atoms with Gasteiger partial charge in [-0.25, -0.2) is 5.43 Å². The number of hydrogen-bond donors (Lipinski definition) is 2. The van der Waals surface area contributed by atoms with E-state index in [1.807, 2.05) is 44.2 Å². The Morgan fingerprint density at radius 1 is 0.938 bits per heavy atom. The highest BCUT2D eigenvalue weighted by Gasteiger charge is 2.10. The molecule has 2 amide bonds. The molecule has 0 aromatic heterocycles. The molecule has 2 N–H and O–H groups in total. The second-order valence-electron chi connectivity index (χ2n) is 6.86. The SMILES string of the molecule is CCOc1cc(/C=N/NC(=O)c2ccccc2)ccc1OCC(=O)Nc1ccccc1C. The molecule has 0 aliphatic rings. The summed E-state index contributed by atoms with van der Waals surface area (Å²) < 4.78 is 11.3. The third-order valence-electron chi connectivity index (χ3n) is 4.46. The maximum Gasteiger partial charge on any atom is 0.271 e. The molecule has 0 heterocycles. The maximum atomic E-state index is 12.3. The maximum absolute atomic E-state index is 12.3. The summed E-state index contributed by atoms with van der Waals surface area (Å²) in [6.07, 6.45) is 1.51. The van der Waals surface area contributed by atoms with Gasteiger partial charge in [0, 0.05) is 11.3 Å². The van der Waals surface area contributed by atoms with Crippen molar-refractivity contribution in [2.75, 3.05) is 18.5 Å². The summed E-state index contributed by atoms with van der Waals surface area (Å²) in [7, 11) is 0. The Kier molecular flexibility index (Phi) is 7.97. The van der Waals surface area contributed by atoms with Crippen molar-refractivity contribution in [3.8, 4) is 11.5 Å². The Bertz CT molecular complexity index is 1100. The first-order valence-electron chi connectivity index (χ1n) is 10.2.